The molecular weight excluding hydrogens is 299 g/mol. The summed E-state index contributed by atoms with van der Waals surface area (Å²) < 4.78 is 5.77. The van der Waals surface area contributed by atoms with Gasteiger partial charge in [0.25, 0.3) is 0 Å². The number of hydrogen-bond donors (Lipinski definition) is 1. The van der Waals surface area contributed by atoms with Gasteiger partial charge < -0.3 is 9.84 Å². The number of carboxylic acid groups (broad SMARTS) is 1. The molecule has 132 valence electrons. The number of unbranched alkanes of at least 4 members (excludes halogenated alkanes) is 2. The van der Waals surface area contributed by atoms with Crippen LogP contribution in [-0.2, 0) is 4.79 Å². The minimum atomic E-state index is -0.718. The van der Waals surface area contributed by atoms with E-state index < -0.39 is 5.97 Å². The zero-order valence-electron chi connectivity index (χ0n) is 15.6. The number of carbonyl (C=O) groups is 1. The monoisotopic (exact) mass is 330 g/mol. The average Bonchev–Trinajstić information content (AvgIpc) is 2.71. The Morgan fingerprint density at radius 3 is 2.17 bits per heavy atom. The van der Waals surface area contributed by atoms with E-state index in [0.29, 0.717) is 24.1 Å². The Bertz CT molecular complexity index is 533. The molecule has 24 heavy (non-hydrogen) atoms. The molecule has 0 radical (unpaired) electrons. The summed E-state index contributed by atoms with van der Waals surface area (Å²) in [5.41, 5.74) is 2.17. The van der Waals surface area contributed by atoms with Crippen molar-refractivity contribution in [3.05, 3.63) is 24.3 Å². The van der Waals surface area contributed by atoms with Gasteiger partial charge in [0, 0.05) is 6.42 Å². The van der Waals surface area contributed by atoms with Crippen LogP contribution in [0.3, 0.4) is 0 Å². The lowest BCUT2D eigenvalue weighted by Gasteiger charge is -2.35. The molecule has 1 aliphatic rings. The molecule has 4 heteroatoms. The van der Waals surface area contributed by atoms with Crippen molar-refractivity contribution in [2.45, 2.75) is 66.0 Å². The highest BCUT2D eigenvalue weighted by Gasteiger charge is 2.47. The van der Waals surface area contributed by atoms with Crippen LogP contribution in [0.5, 0.6) is 5.75 Å². The first-order valence-corrected chi connectivity index (χ1v) is 9.16. The minimum absolute atomic E-state index is 0.253. The topological polar surface area (TPSA) is 46.5 Å². The third-order valence-corrected chi connectivity index (χ3v) is 6.00. The number of benzene rings is 1. The molecular formula is C20H31BO3. The predicted octanol–water partition coefficient (Wildman–Crippen LogP) is 4.48. The van der Waals surface area contributed by atoms with Gasteiger partial charge in [-0.25, -0.2) is 0 Å². The molecule has 0 unspecified atom stereocenters. The van der Waals surface area contributed by atoms with Crippen molar-refractivity contribution in [1.29, 1.82) is 0 Å². The Kier molecular flexibility index (Phi) is 6.00. The van der Waals surface area contributed by atoms with E-state index in [9.17, 15) is 4.79 Å². The van der Waals surface area contributed by atoms with E-state index in [0.717, 1.165) is 25.0 Å². The maximum absolute atomic E-state index is 10.4. The molecule has 3 nitrogen and oxygen atoms in total. The molecule has 1 aliphatic heterocycles. The van der Waals surface area contributed by atoms with Gasteiger partial charge in [0.05, 0.1) is 6.61 Å². The van der Waals surface area contributed by atoms with Crippen molar-refractivity contribution in [2.75, 3.05) is 6.61 Å². The molecule has 0 spiro atoms. The fourth-order valence-corrected chi connectivity index (χ4v) is 3.67. The molecule has 0 aliphatic carbocycles. The lowest BCUT2D eigenvalue weighted by atomic mass is 9.42. The molecule has 1 aromatic carbocycles. The zero-order valence-corrected chi connectivity index (χ0v) is 15.6. The van der Waals surface area contributed by atoms with E-state index in [-0.39, 0.29) is 6.42 Å². The van der Waals surface area contributed by atoms with E-state index in [4.69, 9.17) is 9.84 Å². The first-order valence-electron chi connectivity index (χ1n) is 9.16. The second kappa shape index (κ2) is 7.63. The molecule has 1 N–H and O–H groups in total. The number of aliphatic carboxylic acids is 1. The number of carboxylic acids is 1. The molecule has 1 saturated heterocycles. The molecule has 0 amide bonds. The second-order valence-electron chi connectivity index (χ2n) is 8.49. The molecule has 0 aromatic heterocycles. The highest BCUT2D eigenvalue weighted by molar-refractivity contribution is 6.74. The summed E-state index contributed by atoms with van der Waals surface area (Å²) in [4.78, 5) is 10.4. The molecule has 1 aromatic rings. The van der Waals surface area contributed by atoms with E-state index in [1.54, 1.807) is 0 Å². The van der Waals surface area contributed by atoms with Crippen molar-refractivity contribution in [1.82, 2.24) is 0 Å². The van der Waals surface area contributed by atoms with Gasteiger partial charge in [0.1, 0.15) is 5.75 Å². The molecule has 0 bridgehead atoms. The standard InChI is InChI=1S/C20H31BO3/c1-19(2)14-21(15-20(19,3)4)16-9-11-17(12-10-16)24-13-7-5-6-8-18(22)23/h9-12H,5-8,13-15H2,1-4H3,(H,22,23). The van der Waals surface area contributed by atoms with Crippen LogP contribution in [0.4, 0.5) is 0 Å². The Morgan fingerprint density at radius 2 is 1.62 bits per heavy atom. The fourth-order valence-electron chi connectivity index (χ4n) is 3.67. The quantitative estimate of drug-likeness (QED) is 0.565. The van der Waals surface area contributed by atoms with Crippen LogP contribution < -0.4 is 10.2 Å². The summed E-state index contributed by atoms with van der Waals surface area (Å²) in [6, 6.07) is 8.57. The Morgan fingerprint density at radius 1 is 1.04 bits per heavy atom. The maximum atomic E-state index is 10.4. The van der Waals surface area contributed by atoms with E-state index in [2.05, 4.69) is 52.0 Å². The van der Waals surface area contributed by atoms with Gasteiger partial charge in [-0.15, -0.1) is 0 Å². The fraction of sp³-hybridized carbons (Fsp3) is 0.650. The van der Waals surface area contributed by atoms with Crippen molar-refractivity contribution < 1.29 is 14.6 Å². The highest BCUT2D eigenvalue weighted by Crippen LogP contribution is 2.52. The summed E-state index contributed by atoms with van der Waals surface area (Å²) in [5.74, 6) is 0.193. The van der Waals surface area contributed by atoms with Crippen LogP contribution in [0.1, 0.15) is 53.4 Å². The van der Waals surface area contributed by atoms with Gasteiger partial charge in [0.15, 0.2) is 6.71 Å². The van der Waals surface area contributed by atoms with Crippen LogP contribution in [0.25, 0.3) is 0 Å². The van der Waals surface area contributed by atoms with E-state index in [1.165, 1.54) is 18.1 Å². The lowest BCUT2D eigenvalue weighted by molar-refractivity contribution is -0.137. The van der Waals surface area contributed by atoms with Gasteiger partial charge in [-0.3, -0.25) is 4.79 Å². The van der Waals surface area contributed by atoms with Crippen LogP contribution in [0.15, 0.2) is 24.3 Å². The number of ether oxygens (including phenoxy) is 1. The number of rotatable bonds is 8. The third-order valence-electron chi connectivity index (χ3n) is 6.00. The molecule has 0 atom stereocenters. The SMILES string of the molecule is CC1(C)CB(c2ccc(OCCCCCC(=O)O)cc2)CC1(C)C. The molecule has 1 fully saturated rings. The van der Waals surface area contributed by atoms with Crippen LogP contribution in [-0.4, -0.2) is 24.4 Å². The Hall–Kier alpha value is -1.45. The summed E-state index contributed by atoms with van der Waals surface area (Å²) in [7, 11) is 0. The summed E-state index contributed by atoms with van der Waals surface area (Å²) in [6.45, 7) is 10.8. The molecule has 0 saturated carbocycles. The Labute approximate surface area is 146 Å². The van der Waals surface area contributed by atoms with Crippen molar-refractivity contribution in [3.63, 3.8) is 0 Å². The summed E-state index contributed by atoms with van der Waals surface area (Å²) in [6.07, 6.45) is 5.26. The largest absolute Gasteiger partial charge is 0.494 e. The smallest absolute Gasteiger partial charge is 0.303 e. The van der Waals surface area contributed by atoms with Gasteiger partial charge in [-0.05, 0) is 42.2 Å². The van der Waals surface area contributed by atoms with Crippen molar-refractivity contribution in [2.24, 2.45) is 10.8 Å². The third kappa shape index (κ3) is 4.78. The van der Waals surface area contributed by atoms with Gasteiger partial charge >= 0.3 is 5.97 Å². The van der Waals surface area contributed by atoms with Crippen molar-refractivity contribution >= 4 is 18.1 Å². The highest BCUT2D eigenvalue weighted by atomic mass is 16.5. The second-order valence-corrected chi connectivity index (χ2v) is 8.49. The first kappa shape index (κ1) is 18.9. The molecule has 2 rings (SSSR count). The number of hydrogen-bond acceptors (Lipinski definition) is 2. The minimum Gasteiger partial charge on any atom is -0.494 e. The Balaban J connectivity index is 1.78. The normalized spacial score (nSPS) is 18.6. The lowest BCUT2D eigenvalue weighted by Crippen LogP contribution is -2.27. The molecule has 1 heterocycles. The van der Waals surface area contributed by atoms with Gasteiger partial charge in [0.2, 0.25) is 0 Å². The first-order chi connectivity index (χ1) is 11.2. The van der Waals surface area contributed by atoms with Gasteiger partial charge in [-0.2, -0.15) is 0 Å². The van der Waals surface area contributed by atoms with Crippen LogP contribution in [0, 0.1) is 10.8 Å². The summed E-state index contributed by atoms with van der Waals surface area (Å²) >= 11 is 0. The summed E-state index contributed by atoms with van der Waals surface area (Å²) in [5, 5.41) is 8.60. The average molecular weight is 330 g/mol. The predicted molar refractivity (Wildman–Crippen MR) is 101 cm³/mol. The van der Waals surface area contributed by atoms with E-state index >= 15 is 0 Å². The van der Waals surface area contributed by atoms with E-state index in [1.807, 2.05) is 0 Å². The van der Waals surface area contributed by atoms with Crippen molar-refractivity contribution in [3.8, 4) is 5.75 Å². The van der Waals surface area contributed by atoms with Gasteiger partial charge in [-0.1, -0.05) is 57.9 Å². The van der Waals surface area contributed by atoms with Crippen LogP contribution >= 0.6 is 0 Å². The maximum Gasteiger partial charge on any atom is 0.303 e. The zero-order chi connectivity index (χ0) is 17.8. The van der Waals surface area contributed by atoms with Crippen LogP contribution in [0.2, 0.25) is 12.6 Å².